The van der Waals surface area contributed by atoms with Crippen molar-refractivity contribution >= 4 is 16.6 Å². The number of nitrogens with one attached hydrogen (secondary N) is 1. The number of benzene rings is 1. The van der Waals surface area contributed by atoms with Gasteiger partial charge in [0.1, 0.15) is 11.6 Å². The minimum atomic E-state index is 0.287. The molecule has 1 fully saturated rings. The molecule has 20 heavy (non-hydrogen) atoms. The average Bonchev–Trinajstić information content (AvgIpc) is 2.80. The summed E-state index contributed by atoms with van der Waals surface area (Å²) in [6.45, 7) is 5.33. The van der Waals surface area contributed by atoms with Crippen LogP contribution in [0.5, 0.6) is 5.75 Å². The maximum absolute atomic E-state index is 9.73. The Balaban J connectivity index is 1.97. The molecule has 1 aromatic carbocycles. The van der Waals surface area contributed by atoms with Crippen molar-refractivity contribution < 1.29 is 5.11 Å². The lowest BCUT2D eigenvalue weighted by molar-refractivity contribution is 0.356. The second-order valence-electron chi connectivity index (χ2n) is 6.05. The maximum atomic E-state index is 9.73. The van der Waals surface area contributed by atoms with Gasteiger partial charge in [-0.2, -0.15) is 0 Å². The van der Waals surface area contributed by atoms with E-state index in [9.17, 15) is 5.11 Å². The van der Waals surface area contributed by atoms with Crippen LogP contribution in [0.4, 0.5) is 5.82 Å². The zero-order chi connectivity index (χ0) is 14.2. The number of rotatable bonds is 3. The molecule has 2 aromatic rings. The Kier molecular flexibility index (Phi) is 3.26. The summed E-state index contributed by atoms with van der Waals surface area (Å²) in [5.74, 6) is 1.28. The second-order valence-corrected chi connectivity index (χ2v) is 6.05. The SMILES string of the molecule is CNCC1(C)CCN(c2nccc3ccc(O)cc23)C1. The lowest BCUT2D eigenvalue weighted by Crippen LogP contribution is -2.33. The first-order chi connectivity index (χ1) is 9.61. The van der Waals surface area contributed by atoms with E-state index in [1.165, 1.54) is 0 Å². The number of hydrogen-bond donors (Lipinski definition) is 2. The van der Waals surface area contributed by atoms with Crippen LogP contribution in [0.3, 0.4) is 0 Å². The monoisotopic (exact) mass is 271 g/mol. The molecule has 2 heterocycles. The Morgan fingerprint density at radius 1 is 1.40 bits per heavy atom. The molecule has 0 aliphatic carbocycles. The first-order valence-electron chi connectivity index (χ1n) is 7.09. The van der Waals surface area contributed by atoms with Crippen LogP contribution in [0.2, 0.25) is 0 Å². The molecule has 1 aliphatic rings. The van der Waals surface area contributed by atoms with Gasteiger partial charge in [0, 0.05) is 31.2 Å². The molecular weight excluding hydrogens is 250 g/mol. The number of aromatic nitrogens is 1. The Labute approximate surface area is 119 Å². The van der Waals surface area contributed by atoms with Crippen molar-refractivity contribution in [1.29, 1.82) is 0 Å². The third kappa shape index (κ3) is 2.31. The van der Waals surface area contributed by atoms with E-state index < -0.39 is 0 Å². The zero-order valence-electron chi connectivity index (χ0n) is 12.1. The first kappa shape index (κ1) is 13.2. The van der Waals surface area contributed by atoms with Gasteiger partial charge in [0.2, 0.25) is 0 Å². The molecule has 1 atom stereocenters. The van der Waals surface area contributed by atoms with Gasteiger partial charge in [-0.3, -0.25) is 0 Å². The number of phenols is 1. The smallest absolute Gasteiger partial charge is 0.136 e. The summed E-state index contributed by atoms with van der Waals surface area (Å²) in [7, 11) is 2.00. The normalized spacial score (nSPS) is 22.6. The van der Waals surface area contributed by atoms with Crippen molar-refractivity contribution in [3.05, 3.63) is 30.5 Å². The van der Waals surface area contributed by atoms with Crippen molar-refractivity contribution in [2.24, 2.45) is 5.41 Å². The van der Waals surface area contributed by atoms with Crippen molar-refractivity contribution in [1.82, 2.24) is 10.3 Å². The van der Waals surface area contributed by atoms with Gasteiger partial charge in [-0.1, -0.05) is 13.0 Å². The minimum Gasteiger partial charge on any atom is -0.508 e. The summed E-state index contributed by atoms with van der Waals surface area (Å²) in [5.41, 5.74) is 0.287. The van der Waals surface area contributed by atoms with E-state index in [1.807, 2.05) is 31.4 Å². The highest BCUT2D eigenvalue weighted by Gasteiger charge is 2.34. The van der Waals surface area contributed by atoms with Gasteiger partial charge >= 0.3 is 0 Å². The zero-order valence-corrected chi connectivity index (χ0v) is 12.1. The third-order valence-corrected chi connectivity index (χ3v) is 4.19. The number of aromatic hydroxyl groups is 1. The molecule has 0 spiro atoms. The van der Waals surface area contributed by atoms with Gasteiger partial charge in [-0.05, 0) is 42.5 Å². The van der Waals surface area contributed by atoms with Crippen LogP contribution in [0.15, 0.2) is 30.5 Å². The summed E-state index contributed by atoms with van der Waals surface area (Å²) < 4.78 is 0. The molecule has 1 saturated heterocycles. The number of pyridine rings is 1. The highest BCUT2D eigenvalue weighted by atomic mass is 16.3. The van der Waals surface area contributed by atoms with Gasteiger partial charge in [-0.15, -0.1) is 0 Å². The van der Waals surface area contributed by atoms with Crippen LogP contribution in [0.1, 0.15) is 13.3 Å². The molecule has 3 rings (SSSR count). The molecule has 0 saturated carbocycles. The maximum Gasteiger partial charge on any atom is 0.136 e. The van der Waals surface area contributed by atoms with Crippen molar-refractivity contribution in [3.8, 4) is 5.75 Å². The number of nitrogens with zero attached hydrogens (tertiary/aromatic N) is 2. The Morgan fingerprint density at radius 3 is 3.05 bits per heavy atom. The summed E-state index contributed by atoms with van der Waals surface area (Å²) in [4.78, 5) is 6.88. The molecular formula is C16H21N3O. The standard InChI is InChI=1S/C16H21N3O/c1-16(10-17-2)6-8-19(11-16)15-14-9-13(20)4-3-12(14)5-7-18-15/h3-5,7,9,17,20H,6,8,10-11H2,1-2H3. The summed E-state index contributed by atoms with van der Waals surface area (Å²) in [6.07, 6.45) is 3.01. The van der Waals surface area contributed by atoms with E-state index in [4.69, 9.17) is 0 Å². The first-order valence-corrected chi connectivity index (χ1v) is 7.09. The molecule has 2 N–H and O–H groups in total. The van der Waals surface area contributed by atoms with Crippen molar-refractivity contribution in [2.75, 3.05) is 31.6 Å². The lowest BCUT2D eigenvalue weighted by atomic mass is 9.90. The average molecular weight is 271 g/mol. The van der Waals surface area contributed by atoms with Crippen LogP contribution in [0, 0.1) is 5.41 Å². The molecule has 4 heteroatoms. The molecule has 0 bridgehead atoms. The van der Waals surface area contributed by atoms with E-state index >= 15 is 0 Å². The summed E-state index contributed by atoms with van der Waals surface area (Å²) >= 11 is 0. The van der Waals surface area contributed by atoms with Crippen molar-refractivity contribution in [2.45, 2.75) is 13.3 Å². The Morgan fingerprint density at radius 2 is 2.25 bits per heavy atom. The number of phenolic OH excluding ortho intramolecular Hbond substituents is 1. The molecule has 4 nitrogen and oxygen atoms in total. The van der Waals surface area contributed by atoms with E-state index in [2.05, 4.69) is 22.1 Å². The summed E-state index contributed by atoms with van der Waals surface area (Å²) in [5, 5.41) is 15.2. The Bertz CT molecular complexity index is 628. The van der Waals surface area contributed by atoms with Crippen LogP contribution >= 0.6 is 0 Å². The quantitative estimate of drug-likeness (QED) is 0.900. The molecule has 1 aromatic heterocycles. The fourth-order valence-corrected chi connectivity index (χ4v) is 3.17. The predicted molar refractivity (Wildman–Crippen MR) is 82.3 cm³/mol. The molecule has 0 radical (unpaired) electrons. The van der Waals surface area contributed by atoms with Crippen LogP contribution in [-0.4, -0.2) is 36.8 Å². The van der Waals surface area contributed by atoms with Gasteiger partial charge < -0.3 is 15.3 Å². The molecule has 1 aliphatic heterocycles. The van der Waals surface area contributed by atoms with E-state index in [1.54, 1.807) is 6.07 Å². The van der Waals surface area contributed by atoms with Gasteiger partial charge in [-0.25, -0.2) is 4.98 Å². The number of fused-ring (bicyclic) bond motifs is 1. The molecule has 0 amide bonds. The number of hydrogen-bond acceptors (Lipinski definition) is 4. The molecule has 1 unspecified atom stereocenters. The van der Waals surface area contributed by atoms with Crippen molar-refractivity contribution in [3.63, 3.8) is 0 Å². The van der Waals surface area contributed by atoms with Gasteiger partial charge in [0.05, 0.1) is 0 Å². The third-order valence-electron chi connectivity index (χ3n) is 4.19. The van der Waals surface area contributed by atoms with E-state index in [0.29, 0.717) is 5.75 Å². The topological polar surface area (TPSA) is 48.4 Å². The minimum absolute atomic E-state index is 0.287. The number of anilines is 1. The lowest BCUT2D eigenvalue weighted by Gasteiger charge is -2.25. The largest absolute Gasteiger partial charge is 0.508 e. The predicted octanol–water partition coefficient (Wildman–Crippen LogP) is 2.38. The fourth-order valence-electron chi connectivity index (χ4n) is 3.17. The van der Waals surface area contributed by atoms with Gasteiger partial charge in [0.15, 0.2) is 0 Å². The van der Waals surface area contributed by atoms with Crippen LogP contribution in [0.25, 0.3) is 10.8 Å². The highest BCUT2D eigenvalue weighted by molar-refractivity contribution is 5.93. The van der Waals surface area contributed by atoms with Crippen LogP contribution < -0.4 is 10.2 Å². The molecule has 106 valence electrons. The highest BCUT2D eigenvalue weighted by Crippen LogP contribution is 2.35. The van der Waals surface area contributed by atoms with Crippen LogP contribution in [-0.2, 0) is 0 Å². The van der Waals surface area contributed by atoms with Gasteiger partial charge in [0.25, 0.3) is 0 Å². The Hall–Kier alpha value is -1.81. The fraction of sp³-hybridized carbons (Fsp3) is 0.438. The second kappa shape index (κ2) is 4.94. The summed E-state index contributed by atoms with van der Waals surface area (Å²) in [6, 6.07) is 7.46. The van der Waals surface area contributed by atoms with E-state index in [-0.39, 0.29) is 5.41 Å². The van der Waals surface area contributed by atoms with E-state index in [0.717, 1.165) is 42.6 Å².